The normalized spacial score (nSPS) is 25.4. The van der Waals surface area contributed by atoms with Gasteiger partial charge in [0.05, 0.1) is 24.2 Å². The molecule has 4 atom stereocenters. The summed E-state index contributed by atoms with van der Waals surface area (Å²) >= 11 is 6.67. The van der Waals surface area contributed by atoms with E-state index in [9.17, 15) is 10.2 Å². The molecule has 0 spiro atoms. The summed E-state index contributed by atoms with van der Waals surface area (Å²) in [4.78, 5) is 12.9. The minimum absolute atomic E-state index is 0.355. The molecule has 2 unspecified atom stereocenters. The van der Waals surface area contributed by atoms with Gasteiger partial charge in [-0.2, -0.15) is 0 Å². The monoisotopic (exact) mass is 442 g/mol. The quantitative estimate of drug-likeness (QED) is 0.317. The summed E-state index contributed by atoms with van der Waals surface area (Å²) in [6.45, 7) is 3.61. The van der Waals surface area contributed by atoms with Gasteiger partial charge < -0.3 is 19.5 Å². The first-order chi connectivity index (χ1) is 15.0. The molecule has 0 saturated carbocycles. The lowest BCUT2D eigenvalue weighted by atomic mass is 10.0. The van der Waals surface area contributed by atoms with Gasteiger partial charge in [-0.3, -0.25) is 4.84 Å². The number of alkyl halides is 1. The van der Waals surface area contributed by atoms with Crippen LogP contribution in [-0.2, 0) is 9.57 Å². The van der Waals surface area contributed by atoms with Crippen molar-refractivity contribution >= 4 is 28.5 Å². The SMILES string of the molecule is CCONc1ncnc2c1c(C#Cc1ccccc1)cn2[C@@H]1OC(CO)C(O)[C@@]1(C)Cl. The predicted octanol–water partition coefficient (Wildman–Crippen LogP) is 2.44. The molecule has 1 aromatic carbocycles. The van der Waals surface area contributed by atoms with Gasteiger partial charge in [-0.25, -0.2) is 15.4 Å². The number of hydrogen-bond acceptors (Lipinski definition) is 7. The fraction of sp³-hybridized carbons (Fsp3) is 0.364. The second-order valence-electron chi connectivity index (χ2n) is 7.33. The van der Waals surface area contributed by atoms with Crippen LogP contribution in [0.1, 0.15) is 31.2 Å². The second-order valence-corrected chi connectivity index (χ2v) is 8.14. The van der Waals surface area contributed by atoms with Crippen LogP contribution < -0.4 is 5.48 Å². The summed E-state index contributed by atoms with van der Waals surface area (Å²) in [5, 5.41) is 20.7. The number of aromatic nitrogens is 3. The molecule has 8 nitrogen and oxygen atoms in total. The number of nitrogens with zero attached hydrogens (tertiary/aromatic N) is 3. The molecular formula is C22H23ClN4O4. The Balaban J connectivity index is 1.87. The van der Waals surface area contributed by atoms with E-state index in [0.717, 1.165) is 5.56 Å². The maximum Gasteiger partial charge on any atom is 0.163 e. The Labute approximate surface area is 184 Å². The summed E-state index contributed by atoms with van der Waals surface area (Å²) in [7, 11) is 0. The fourth-order valence-electron chi connectivity index (χ4n) is 3.60. The molecule has 0 radical (unpaired) electrons. The van der Waals surface area contributed by atoms with Gasteiger partial charge in [0.2, 0.25) is 0 Å². The van der Waals surface area contributed by atoms with Gasteiger partial charge in [-0.1, -0.05) is 30.0 Å². The maximum atomic E-state index is 10.5. The van der Waals surface area contributed by atoms with Crippen molar-refractivity contribution < 1.29 is 19.8 Å². The number of ether oxygens (including phenoxy) is 1. The lowest BCUT2D eigenvalue weighted by Crippen LogP contribution is -2.39. The number of anilines is 1. The van der Waals surface area contributed by atoms with Crippen LogP contribution in [0.3, 0.4) is 0 Å². The van der Waals surface area contributed by atoms with Crippen molar-refractivity contribution in [2.75, 3.05) is 18.7 Å². The van der Waals surface area contributed by atoms with Crippen LogP contribution in [0, 0.1) is 11.8 Å². The van der Waals surface area contributed by atoms with Gasteiger partial charge in [0, 0.05) is 11.8 Å². The van der Waals surface area contributed by atoms with Gasteiger partial charge >= 0.3 is 0 Å². The number of benzene rings is 1. The van der Waals surface area contributed by atoms with Crippen molar-refractivity contribution in [2.45, 2.75) is 37.2 Å². The first kappa shape index (κ1) is 21.6. The van der Waals surface area contributed by atoms with E-state index >= 15 is 0 Å². The molecule has 3 N–H and O–H groups in total. The van der Waals surface area contributed by atoms with Crippen LogP contribution in [0.25, 0.3) is 11.0 Å². The average Bonchev–Trinajstić information content (AvgIpc) is 3.26. The first-order valence-corrected chi connectivity index (χ1v) is 10.3. The van der Waals surface area contributed by atoms with Crippen molar-refractivity contribution in [1.29, 1.82) is 0 Å². The average molecular weight is 443 g/mol. The fourth-order valence-corrected chi connectivity index (χ4v) is 3.90. The molecule has 31 heavy (non-hydrogen) atoms. The Morgan fingerprint density at radius 2 is 2.06 bits per heavy atom. The smallest absolute Gasteiger partial charge is 0.163 e. The van der Waals surface area contributed by atoms with Crippen LogP contribution in [-0.4, -0.2) is 55.0 Å². The molecule has 0 aliphatic carbocycles. The highest BCUT2D eigenvalue weighted by molar-refractivity contribution is 6.24. The van der Waals surface area contributed by atoms with Crippen molar-refractivity contribution in [3.8, 4) is 11.8 Å². The number of halogens is 1. The predicted molar refractivity (Wildman–Crippen MR) is 116 cm³/mol. The molecular weight excluding hydrogens is 420 g/mol. The van der Waals surface area contributed by atoms with Gasteiger partial charge in [0.1, 0.15) is 29.1 Å². The summed E-state index contributed by atoms with van der Waals surface area (Å²) in [6, 6.07) is 9.59. The minimum Gasteiger partial charge on any atom is -0.394 e. The van der Waals surface area contributed by atoms with Crippen LogP contribution in [0.2, 0.25) is 0 Å². The van der Waals surface area contributed by atoms with Crippen molar-refractivity contribution in [2.24, 2.45) is 0 Å². The second kappa shape index (κ2) is 8.83. The highest BCUT2D eigenvalue weighted by atomic mass is 35.5. The topological polar surface area (TPSA) is 102 Å². The molecule has 0 bridgehead atoms. The molecule has 3 aromatic rings. The molecule has 162 valence electrons. The van der Waals surface area contributed by atoms with E-state index in [1.165, 1.54) is 6.33 Å². The first-order valence-electron chi connectivity index (χ1n) is 9.91. The molecule has 4 rings (SSSR count). The molecule has 1 aliphatic heterocycles. The summed E-state index contributed by atoms with van der Waals surface area (Å²) < 4.78 is 7.62. The zero-order chi connectivity index (χ0) is 22.0. The zero-order valence-electron chi connectivity index (χ0n) is 17.1. The van der Waals surface area contributed by atoms with Gasteiger partial charge in [0.25, 0.3) is 0 Å². The van der Waals surface area contributed by atoms with Crippen LogP contribution in [0.15, 0.2) is 42.9 Å². The van der Waals surface area contributed by atoms with E-state index in [1.54, 1.807) is 17.7 Å². The van der Waals surface area contributed by atoms with Gasteiger partial charge in [-0.05, 0) is 26.0 Å². The molecule has 0 amide bonds. The molecule has 3 heterocycles. The van der Waals surface area contributed by atoms with Crippen LogP contribution in [0.4, 0.5) is 5.82 Å². The number of hydrogen-bond donors (Lipinski definition) is 3. The molecule has 1 saturated heterocycles. The lowest BCUT2D eigenvalue weighted by Gasteiger charge is -2.26. The number of aliphatic hydroxyl groups excluding tert-OH is 2. The number of nitrogens with one attached hydrogen (secondary N) is 1. The highest BCUT2D eigenvalue weighted by Crippen LogP contribution is 2.45. The van der Waals surface area contributed by atoms with Gasteiger partial charge in [0.15, 0.2) is 12.0 Å². The maximum absolute atomic E-state index is 10.5. The van der Waals surface area contributed by atoms with E-state index in [1.807, 2.05) is 37.3 Å². The Morgan fingerprint density at radius 1 is 1.29 bits per heavy atom. The Hall–Kier alpha value is -2.67. The lowest BCUT2D eigenvalue weighted by molar-refractivity contribution is -0.0439. The van der Waals surface area contributed by atoms with E-state index < -0.39 is 23.3 Å². The highest BCUT2D eigenvalue weighted by Gasteiger charge is 2.53. The molecule has 9 heteroatoms. The molecule has 1 fully saturated rings. The van der Waals surface area contributed by atoms with E-state index in [2.05, 4.69) is 27.3 Å². The summed E-state index contributed by atoms with van der Waals surface area (Å²) in [5.41, 5.74) is 4.84. The third kappa shape index (κ3) is 3.99. The standard InChI is InChI=1S/C22H23ClN4O4/c1-3-30-26-19-17-15(10-9-14-7-5-4-6-8-14)11-27(20(17)25-13-24-19)21-22(2,23)18(29)16(12-28)31-21/h4-8,11,13,16,18,21,28-29H,3,12H2,1-2H3,(H,24,25,26)/t16?,18?,21-,22-/m1/s1. The molecule has 2 aromatic heterocycles. The number of aliphatic hydroxyl groups is 2. The Kier molecular flexibility index (Phi) is 6.14. The minimum atomic E-state index is -1.19. The summed E-state index contributed by atoms with van der Waals surface area (Å²) in [5.74, 6) is 6.77. The zero-order valence-corrected chi connectivity index (χ0v) is 17.9. The van der Waals surface area contributed by atoms with E-state index in [-0.39, 0.29) is 6.61 Å². The summed E-state index contributed by atoms with van der Waals surface area (Å²) in [6.07, 6.45) is 0.500. The Morgan fingerprint density at radius 3 is 2.74 bits per heavy atom. The number of rotatable bonds is 5. The third-order valence-corrected chi connectivity index (χ3v) is 5.60. The van der Waals surface area contributed by atoms with Gasteiger partial charge in [-0.15, -0.1) is 11.6 Å². The largest absolute Gasteiger partial charge is 0.394 e. The van der Waals surface area contributed by atoms with Crippen molar-refractivity contribution in [1.82, 2.24) is 14.5 Å². The molecule has 1 aliphatic rings. The third-order valence-electron chi connectivity index (χ3n) is 5.19. The van der Waals surface area contributed by atoms with Crippen molar-refractivity contribution in [3.05, 3.63) is 54.0 Å². The Bertz CT molecular complexity index is 1120. The van der Waals surface area contributed by atoms with Crippen LogP contribution in [0.5, 0.6) is 0 Å². The van der Waals surface area contributed by atoms with Crippen molar-refractivity contribution in [3.63, 3.8) is 0 Å². The number of fused-ring (bicyclic) bond motifs is 1. The van der Waals surface area contributed by atoms with E-state index in [0.29, 0.717) is 29.0 Å². The van der Waals surface area contributed by atoms with Crippen LogP contribution >= 0.6 is 11.6 Å². The van der Waals surface area contributed by atoms with E-state index in [4.69, 9.17) is 21.2 Å².